The summed E-state index contributed by atoms with van der Waals surface area (Å²) in [5.74, 6) is -1.84. The maximum atomic E-state index is 11.7. The van der Waals surface area contributed by atoms with Crippen molar-refractivity contribution in [1.29, 1.82) is 0 Å². The highest BCUT2D eigenvalue weighted by Crippen LogP contribution is 2.10. The third kappa shape index (κ3) is 4.96. The number of rotatable bonds is 6. The number of ether oxygens (including phenoxy) is 1. The van der Waals surface area contributed by atoms with Gasteiger partial charge < -0.3 is 15.2 Å². The summed E-state index contributed by atoms with van der Waals surface area (Å²) in [4.78, 5) is 34.1. The number of carboxylic acids is 1. The normalized spacial score (nSPS) is 9.91. The summed E-state index contributed by atoms with van der Waals surface area (Å²) in [6, 6.07) is 14.3. The maximum Gasteiger partial charge on any atom is 0.338 e. The summed E-state index contributed by atoms with van der Waals surface area (Å²) in [7, 11) is 0. The minimum Gasteiger partial charge on any atom is -0.478 e. The lowest BCUT2D eigenvalue weighted by atomic mass is 10.2. The quantitative estimate of drug-likeness (QED) is 0.800. The molecule has 0 spiro atoms. The molecule has 0 radical (unpaired) electrons. The predicted molar refractivity (Wildman–Crippen MR) is 83.4 cm³/mol. The fourth-order valence-electron chi connectivity index (χ4n) is 1.81. The monoisotopic (exact) mass is 313 g/mol. The highest BCUT2D eigenvalue weighted by atomic mass is 16.5. The second kappa shape index (κ2) is 7.74. The molecule has 2 N–H and O–H groups in total. The summed E-state index contributed by atoms with van der Waals surface area (Å²) < 4.78 is 5.01. The minimum atomic E-state index is -1.03. The van der Waals surface area contributed by atoms with Crippen LogP contribution >= 0.6 is 0 Å². The molecule has 118 valence electrons. The lowest BCUT2D eigenvalue weighted by Crippen LogP contribution is -2.16. The Morgan fingerprint density at radius 1 is 0.913 bits per heavy atom. The fraction of sp³-hybridized carbons (Fsp3) is 0.118. The highest BCUT2D eigenvalue weighted by molar-refractivity contribution is 5.93. The number of hydrogen-bond donors (Lipinski definition) is 2. The Kier molecular flexibility index (Phi) is 5.46. The third-order valence-electron chi connectivity index (χ3n) is 2.99. The van der Waals surface area contributed by atoms with E-state index in [1.54, 1.807) is 30.3 Å². The second-order valence-corrected chi connectivity index (χ2v) is 4.68. The van der Waals surface area contributed by atoms with Gasteiger partial charge >= 0.3 is 11.9 Å². The van der Waals surface area contributed by atoms with Crippen LogP contribution in [0.5, 0.6) is 0 Å². The number of carbonyl (C=O) groups excluding carboxylic acids is 2. The molecular formula is C17H15NO5. The molecule has 23 heavy (non-hydrogen) atoms. The van der Waals surface area contributed by atoms with Gasteiger partial charge in [0.25, 0.3) is 0 Å². The predicted octanol–water partition coefficient (Wildman–Crippen LogP) is 2.57. The largest absolute Gasteiger partial charge is 0.478 e. The third-order valence-corrected chi connectivity index (χ3v) is 2.99. The molecule has 0 fully saturated rings. The van der Waals surface area contributed by atoms with Crippen LogP contribution in [0, 0.1) is 0 Å². The Balaban J connectivity index is 1.77. The first kappa shape index (κ1) is 16.2. The van der Waals surface area contributed by atoms with E-state index in [9.17, 15) is 14.4 Å². The molecular weight excluding hydrogens is 298 g/mol. The van der Waals surface area contributed by atoms with Crippen LogP contribution in [-0.2, 0) is 9.53 Å². The van der Waals surface area contributed by atoms with Gasteiger partial charge in [0.05, 0.1) is 17.5 Å². The van der Waals surface area contributed by atoms with Crippen LogP contribution in [0.3, 0.4) is 0 Å². The van der Waals surface area contributed by atoms with E-state index < -0.39 is 11.9 Å². The first-order chi connectivity index (χ1) is 11.1. The molecule has 0 saturated heterocycles. The molecule has 6 heteroatoms. The van der Waals surface area contributed by atoms with Gasteiger partial charge in [-0.25, -0.2) is 9.59 Å². The molecule has 0 unspecified atom stereocenters. The standard InChI is InChI=1S/C17H15NO5/c19-15(18-14-8-6-12(7-9-14)16(20)21)10-11-23-17(22)13-4-2-1-3-5-13/h1-9H,10-11H2,(H,18,19)(H,20,21). The van der Waals surface area contributed by atoms with Crippen LogP contribution in [0.4, 0.5) is 5.69 Å². The smallest absolute Gasteiger partial charge is 0.338 e. The van der Waals surface area contributed by atoms with Gasteiger partial charge in [-0.3, -0.25) is 4.79 Å². The van der Waals surface area contributed by atoms with Crippen molar-refractivity contribution in [3.63, 3.8) is 0 Å². The average Bonchev–Trinajstić information content (AvgIpc) is 2.56. The van der Waals surface area contributed by atoms with Crippen molar-refractivity contribution in [1.82, 2.24) is 0 Å². The zero-order valence-corrected chi connectivity index (χ0v) is 12.2. The second-order valence-electron chi connectivity index (χ2n) is 4.68. The molecule has 0 bridgehead atoms. The molecule has 1 amide bonds. The average molecular weight is 313 g/mol. The summed E-state index contributed by atoms with van der Waals surface area (Å²) in [6.45, 7) is -0.0349. The molecule has 0 aliphatic rings. The zero-order valence-electron chi connectivity index (χ0n) is 12.2. The first-order valence-corrected chi connectivity index (χ1v) is 6.91. The van der Waals surface area contributed by atoms with Crippen LogP contribution in [-0.4, -0.2) is 29.6 Å². The molecule has 2 aromatic rings. The van der Waals surface area contributed by atoms with Crippen molar-refractivity contribution in [2.24, 2.45) is 0 Å². The lowest BCUT2D eigenvalue weighted by Gasteiger charge is -2.07. The lowest BCUT2D eigenvalue weighted by molar-refractivity contribution is -0.116. The highest BCUT2D eigenvalue weighted by Gasteiger charge is 2.08. The van der Waals surface area contributed by atoms with Crippen LogP contribution in [0.2, 0.25) is 0 Å². The fourth-order valence-corrected chi connectivity index (χ4v) is 1.81. The molecule has 0 aliphatic heterocycles. The minimum absolute atomic E-state index is 0.0132. The molecule has 6 nitrogen and oxygen atoms in total. The molecule has 0 saturated carbocycles. The van der Waals surface area contributed by atoms with Crippen molar-refractivity contribution in [3.8, 4) is 0 Å². The van der Waals surface area contributed by atoms with E-state index in [1.807, 2.05) is 0 Å². The van der Waals surface area contributed by atoms with Crippen LogP contribution < -0.4 is 5.32 Å². The number of esters is 1. The Bertz CT molecular complexity index is 695. The number of carboxylic acid groups (broad SMARTS) is 1. The van der Waals surface area contributed by atoms with Crippen molar-refractivity contribution in [3.05, 3.63) is 65.7 Å². The summed E-state index contributed by atoms with van der Waals surface area (Å²) in [6.07, 6.45) is 0.0132. The van der Waals surface area contributed by atoms with E-state index in [1.165, 1.54) is 24.3 Å². The van der Waals surface area contributed by atoms with Gasteiger partial charge in [-0.1, -0.05) is 18.2 Å². The summed E-state index contributed by atoms with van der Waals surface area (Å²) in [5, 5.41) is 11.4. The molecule has 0 atom stereocenters. The number of aromatic carboxylic acids is 1. The van der Waals surface area contributed by atoms with Crippen LogP contribution in [0.1, 0.15) is 27.1 Å². The number of anilines is 1. The van der Waals surface area contributed by atoms with Gasteiger partial charge in [-0.15, -0.1) is 0 Å². The molecule has 2 aromatic carbocycles. The summed E-state index contributed by atoms with van der Waals surface area (Å²) >= 11 is 0. The van der Waals surface area contributed by atoms with Crippen molar-refractivity contribution < 1.29 is 24.2 Å². The first-order valence-electron chi connectivity index (χ1n) is 6.91. The van der Waals surface area contributed by atoms with E-state index in [0.717, 1.165) is 0 Å². The Morgan fingerprint density at radius 2 is 1.57 bits per heavy atom. The van der Waals surface area contributed by atoms with E-state index in [-0.39, 0.29) is 24.5 Å². The van der Waals surface area contributed by atoms with Gasteiger partial charge in [0, 0.05) is 5.69 Å². The van der Waals surface area contributed by atoms with E-state index >= 15 is 0 Å². The summed E-state index contributed by atoms with van der Waals surface area (Å²) in [5.41, 5.74) is 1.05. The van der Waals surface area contributed by atoms with Gasteiger partial charge in [-0.05, 0) is 36.4 Å². The molecule has 0 aromatic heterocycles. The van der Waals surface area contributed by atoms with E-state index in [2.05, 4.69) is 5.32 Å². The zero-order chi connectivity index (χ0) is 16.7. The van der Waals surface area contributed by atoms with Crippen LogP contribution in [0.15, 0.2) is 54.6 Å². The number of nitrogens with one attached hydrogen (secondary N) is 1. The van der Waals surface area contributed by atoms with E-state index in [0.29, 0.717) is 11.3 Å². The van der Waals surface area contributed by atoms with Crippen molar-refractivity contribution in [2.45, 2.75) is 6.42 Å². The van der Waals surface area contributed by atoms with Gasteiger partial charge in [0.15, 0.2) is 0 Å². The van der Waals surface area contributed by atoms with E-state index in [4.69, 9.17) is 9.84 Å². The van der Waals surface area contributed by atoms with Gasteiger partial charge in [0.1, 0.15) is 6.61 Å². The van der Waals surface area contributed by atoms with Crippen molar-refractivity contribution in [2.75, 3.05) is 11.9 Å². The number of carbonyl (C=O) groups is 3. The molecule has 0 aliphatic carbocycles. The van der Waals surface area contributed by atoms with Gasteiger partial charge in [-0.2, -0.15) is 0 Å². The maximum absolute atomic E-state index is 11.7. The van der Waals surface area contributed by atoms with Crippen LogP contribution in [0.25, 0.3) is 0 Å². The Hall–Kier alpha value is -3.15. The molecule has 0 heterocycles. The van der Waals surface area contributed by atoms with Gasteiger partial charge in [0.2, 0.25) is 5.91 Å². The SMILES string of the molecule is O=C(CCOC(=O)c1ccccc1)Nc1ccc(C(=O)O)cc1. The number of hydrogen-bond acceptors (Lipinski definition) is 4. The number of benzene rings is 2. The topological polar surface area (TPSA) is 92.7 Å². The Morgan fingerprint density at radius 3 is 2.17 bits per heavy atom. The van der Waals surface area contributed by atoms with Crippen molar-refractivity contribution >= 4 is 23.5 Å². The Labute approximate surface area is 132 Å². The number of amides is 1. The molecule has 2 rings (SSSR count).